The van der Waals surface area contributed by atoms with Crippen molar-refractivity contribution >= 4 is 5.91 Å². The molecule has 1 aromatic carbocycles. The van der Waals surface area contributed by atoms with Crippen LogP contribution in [0.4, 0.5) is 4.39 Å². The molecule has 1 saturated carbocycles. The minimum Gasteiger partial charge on any atom is -0.494 e. The Morgan fingerprint density at radius 2 is 2.03 bits per heavy atom. The van der Waals surface area contributed by atoms with Gasteiger partial charge in [-0.2, -0.15) is 4.80 Å². The van der Waals surface area contributed by atoms with Crippen LogP contribution in [-0.4, -0.2) is 57.3 Å². The standard InChI is InChI=1S/C26H35FN8O2/c1-17-12-20(14-23(31-17)26(36)30-15-19-6-9-22(27)24(13-19)37-2)25-32-34-35(33-25)16-18-4-7-21(8-5-18)29-11-3-10-28/h6,9,12-14,18,21,29H,3-5,7-8,10-11,15-16,28H2,1-2H3,(H,30,36). The van der Waals surface area contributed by atoms with Gasteiger partial charge in [0.1, 0.15) is 5.69 Å². The number of halogens is 1. The van der Waals surface area contributed by atoms with Crippen LogP contribution >= 0.6 is 0 Å². The largest absolute Gasteiger partial charge is 0.494 e. The van der Waals surface area contributed by atoms with Gasteiger partial charge in [-0.15, -0.1) is 10.2 Å². The van der Waals surface area contributed by atoms with E-state index in [0.29, 0.717) is 34.6 Å². The number of nitrogens with zero attached hydrogens (tertiary/aromatic N) is 5. The second-order valence-corrected chi connectivity index (χ2v) is 9.52. The molecule has 37 heavy (non-hydrogen) atoms. The summed E-state index contributed by atoms with van der Waals surface area (Å²) in [5.74, 6) is 0.299. The lowest BCUT2D eigenvalue weighted by molar-refractivity contribution is 0.0945. The number of tetrazole rings is 1. The van der Waals surface area contributed by atoms with Gasteiger partial charge in [0.05, 0.1) is 13.7 Å². The van der Waals surface area contributed by atoms with Crippen LogP contribution in [0.2, 0.25) is 0 Å². The lowest BCUT2D eigenvalue weighted by atomic mass is 9.86. The van der Waals surface area contributed by atoms with Gasteiger partial charge < -0.3 is 21.1 Å². The molecule has 1 amide bonds. The van der Waals surface area contributed by atoms with Crippen LogP contribution in [0.1, 0.15) is 53.8 Å². The number of nitrogens with one attached hydrogen (secondary N) is 2. The van der Waals surface area contributed by atoms with Crippen LogP contribution in [0.3, 0.4) is 0 Å². The normalized spacial score (nSPS) is 17.5. The quantitative estimate of drug-likeness (QED) is 0.335. The van der Waals surface area contributed by atoms with Gasteiger partial charge in [-0.05, 0) is 93.1 Å². The molecule has 2 aromatic heterocycles. The van der Waals surface area contributed by atoms with Crippen molar-refractivity contribution in [2.45, 2.75) is 58.2 Å². The van der Waals surface area contributed by atoms with Crippen LogP contribution in [0.15, 0.2) is 30.3 Å². The number of carbonyl (C=O) groups is 1. The van der Waals surface area contributed by atoms with Crippen LogP contribution in [0.25, 0.3) is 11.4 Å². The number of nitrogens with two attached hydrogens (primary N) is 1. The van der Waals surface area contributed by atoms with Crippen molar-refractivity contribution in [3.63, 3.8) is 0 Å². The van der Waals surface area contributed by atoms with Gasteiger partial charge in [0.25, 0.3) is 5.91 Å². The maximum atomic E-state index is 13.6. The second-order valence-electron chi connectivity index (χ2n) is 9.52. The van der Waals surface area contributed by atoms with Crippen LogP contribution in [-0.2, 0) is 13.1 Å². The number of ether oxygens (including phenoxy) is 1. The molecule has 0 atom stereocenters. The van der Waals surface area contributed by atoms with E-state index < -0.39 is 5.82 Å². The summed E-state index contributed by atoms with van der Waals surface area (Å²) < 4.78 is 18.6. The Morgan fingerprint density at radius 1 is 1.22 bits per heavy atom. The molecule has 0 unspecified atom stereocenters. The third-order valence-corrected chi connectivity index (χ3v) is 6.65. The molecular weight excluding hydrogens is 475 g/mol. The molecular formula is C26H35FN8O2. The van der Waals surface area contributed by atoms with E-state index in [2.05, 4.69) is 31.0 Å². The summed E-state index contributed by atoms with van der Waals surface area (Å²) in [6, 6.07) is 8.52. The summed E-state index contributed by atoms with van der Waals surface area (Å²) in [4.78, 5) is 18.8. The van der Waals surface area contributed by atoms with Crippen molar-refractivity contribution in [1.82, 2.24) is 35.8 Å². The molecule has 11 heteroatoms. The highest BCUT2D eigenvalue weighted by Crippen LogP contribution is 2.26. The van der Waals surface area contributed by atoms with Gasteiger partial charge in [0.15, 0.2) is 11.6 Å². The highest BCUT2D eigenvalue weighted by molar-refractivity contribution is 5.93. The van der Waals surface area contributed by atoms with E-state index in [1.807, 2.05) is 13.0 Å². The fourth-order valence-corrected chi connectivity index (χ4v) is 4.63. The third kappa shape index (κ3) is 7.30. The van der Waals surface area contributed by atoms with Crippen molar-refractivity contribution in [2.24, 2.45) is 11.7 Å². The molecule has 1 fully saturated rings. The van der Waals surface area contributed by atoms with Crippen molar-refractivity contribution in [2.75, 3.05) is 20.2 Å². The Kier molecular flexibility index (Phi) is 9.13. The number of hydrogen-bond acceptors (Lipinski definition) is 8. The SMILES string of the molecule is COc1cc(CNC(=O)c2cc(-c3nnn(CC4CCC(NCCCN)CC4)n3)cc(C)n2)ccc1F. The van der Waals surface area contributed by atoms with Gasteiger partial charge in [0.2, 0.25) is 5.82 Å². The number of methoxy groups -OCH3 is 1. The summed E-state index contributed by atoms with van der Waals surface area (Å²) in [7, 11) is 1.40. The number of pyridine rings is 1. The molecule has 10 nitrogen and oxygen atoms in total. The zero-order valence-electron chi connectivity index (χ0n) is 21.4. The summed E-state index contributed by atoms with van der Waals surface area (Å²) in [5.41, 5.74) is 7.89. The summed E-state index contributed by atoms with van der Waals surface area (Å²) in [6.07, 6.45) is 5.53. The van der Waals surface area contributed by atoms with E-state index in [4.69, 9.17) is 10.5 Å². The Labute approximate surface area is 216 Å². The number of rotatable bonds is 11. The highest BCUT2D eigenvalue weighted by atomic mass is 19.1. The van der Waals surface area contributed by atoms with E-state index in [9.17, 15) is 9.18 Å². The second kappa shape index (κ2) is 12.7. The molecule has 0 bridgehead atoms. The molecule has 4 N–H and O–H groups in total. The summed E-state index contributed by atoms with van der Waals surface area (Å²) in [6.45, 7) is 4.44. The predicted octanol–water partition coefficient (Wildman–Crippen LogP) is 2.62. The van der Waals surface area contributed by atoms with Gasteiger partial charge >= 0.3 is 0 Å². The minimum atomic E-state index is -0.453. The molecule has 0 radical (unpaired) electrons. The Morgan fingerprint density at radius 3 is 2.78 bits per heavy atom. The monoisotopic (exact) mass is 510 g/mol. The van der Waals surface area contributed by atoms with Crippen molar-refractivity contribution in [3.05, 3.63) is 53.1 Å². The number of amides is 1. The molecule has 4 rings (SSSR count). The number of benzene rings is 1. The first kappa shape index (κ1) is 26.6. The zero-order valence-corrected chi connectivity index (χ0v) is 21.4. The van der Waals surface area contributed by atoms with E-state index in [1.165, 1.54) is 13.2 Å². The fourth-order valence-electron chi connectivity index (χ4n) is 4.63. The van der Waals surface area contributed by atoms with E-state index in [0.717, 1.165) is 51.7 Å². The van der Waals surface area contributed by atoms with Crippen LogP contribution in [0, 0.1) is 18.7 Å². The van der Waals surface area contributed by atoms with Crippen molar-refractivity contribution < 1.29 is 13.9 Å². The van der Waals surface area contributed by atoms with Crippen molar-refractivity contribution in [1.29, 1.82) is 0 Å². The molecule has 0 spiro atoms. The van der Waals surface area contributed by atoms with E-state index in [-0.39, 0.29) is 23.9 Å². The summed E-state index contributed by atoms with van der Waals surface area (Å²) >= 11 is 0. The Balaban J connectivity index is 1.35. The Hall–Kier alpha value is -3.44. The maximum absolute atomic E-state index is 13.6. The molecule has 2 heterocycles. The average molecular weight is 511 g/mol. The number of aryl methyl sites for hydroxylation is 1. The van der Waals surface area contributed by atoms with Crippen LogP contribution < -0.4 is 21.1 Å². The van der Waals surface area contributed by atoms with E-state index >= 15 is 0 Å². The lowest BCUT2D eigenvalue weighted by Gasteiger charge is -2.28. The maximum Gasteiger partial charge on any atom is 0.270 e. The third-order valence-electron chi connectivity index (χ3n) is 6.65. The van der Waals surface area contributed by atoms with Gasteiger partial charge in [0, 0.05) is 23.8 Å². The molecule has 0 aliphatic heterocycles. The lowest BCUT2D eigenvalue weighted by Crippen LogP contribution is -2.35. The first-order valence-corrected chi connectivity index (χ1v) is 12.8. The van der Waals surface area contributed by atoms with Crippen molar-refractivity contribution in [3.8, 4) is 17.1 Å². The molecule has 1 aliphatic rings. The topological polar surface area (TPSA) is 133 Å². The molecule has 198 valence electrons. The fraction of sp³-hybridized carbons (Fsp3) is 0.500. The number of hydrogen-bond donors (Lipinski definition) is 3. The smallest absolute Gasteiger partial charge is 0.270 e. The zero-order chi connectivity index (χ0) is 26.2. The van der Waals surface area contributed by atoms with Gasteiger partial charge in [-0.1, -0.05) is 6.07 Å². The molecule has 0 saturated heterocycles. The predicted molar refractivity (Wildman–Crippen MR) is 137 cm³/mol. The number of carbonyl (C=O) groups excluding carboxylic acids is 1. The first-order valence-electron chi connectivity index (χ1n) is 12.8. The first-order chi connectivity index (χ1) is 17.9. The average Bonchev–Trinajstić information content (AvgIpc) is 3.37. The molecule has 3 aromatic rings. The van der Waals surface area contributed by atoms with Gasteiger partial charge in [-0.25, -0.2) is 9.37 Å². The van der Waals surface area contributed by atoms with Gasteiger partial charge in [-0.3, -0.25) is 4.79 Å². The highest BCUT2D eigenvalue weighted by Gasteiger charge is 2.22. The molecule has 1 aliphatic carbocycles. The minimum absolute atomic E-state index is 0.129. The van der Waals surface area contributed by atoms with E-state index in [1.54, 1.807) is 23.0 Å². The Bertz CT molecular complexity index is 1190. The summed E-state index contributed by atoms with van der Waals surface area (Å²) in [5, 5.41) is 19.5. The van der Waals surface area contributed by atoms with Crippen LogP contribution in [0.5, 0.6) is 5.75 Å². The number of aromatic nitrogens is 5.